The van der Waals surface area contributed by atoms with Crippen LogP contribution in [0.15, 0.2) is 200 Å². The molecule has 13 rings (SSSR count). The van der Waals surface area contributed by atoms with Crippen molar-refractivity contribution in [2.24, 2.45) is 0 Å². The van der Waals surface area contributed by atoms with E-state index in [2.05, 4.69) is 209 Å². The van der Waals surface area contributed by atoms with Gasteiger partial charge in [-0.05, 0) is 87.8 Å². The lowest BCUT2D eigenvalue weighted by Crippen LogP contribution is -1.96. The van der Waals surface area contributed by atoms with Crippen LogP contribution in [-0.2, 0) is 0 Å². The third-order valence-electron chi connectivity index (χ3n) is 12.5. The number of aromatic nitrogens is 3. The SMILES string of the molecule is c1ccc(-n2c3ccccc3c3cc(-c4ccc5c(c4)c4ccc6ccccc6c4n5-c4cccc(-c5ncc6c7c(cccc57)-c5ccccc5-6)c4)ccc32)cc1. The van der Waals surface area contributed by atoms with Crippen LogP contribution in [0, 0.1) is 0 Å². The number of benzene rings is 9. The van der Waals surface area contributed by atoms with E-state index >= 15 is 0 Å². The molecule has 0 spiro atoms. The molecular formula is C55H33N3. The third-order valence-corrected chi connectivity index (χ3v) is 12.5. The van der Waals surface area contributed by atoms with E-state index in [-0.39, 0.29) is 0 Å². The van der Waals surface area contributed by atoms with Gasteiger partial charge in [0.15, 0.2) is 0 Å². The zero-order chi connectivity index (χ0) is 37.9. The van der Waals surface area contributed by atoms with Gasteiger partial charge in [0.1, 0.15) is 0 Å². The minimum atomic E-state index is 1.01. The highest BCUT2D eigenvalue weighted by molar-refractivity contribution is 6.20. The summed E-state index contributed by atoms with van der Waals surface area (Å²) in [6, 6.07) is 71.0. The van der Waals surface area contributed by atoms with Gasteiger partial charge in [-0.2, -0.15) is 0 Å². The molecule has 3 nitrogen and oxygen atoms in total. The molecule has 268 valence electrons. The molecule has 0 fully saturated rings. The summed E-state index contributed by atoms with van der Waals surface area (Å²) in [7, 11) is 0. The molecule has 0 bridgehead atoms. The molecule has 1 aliphatic rings. The van der Waals surface area contributed by atoms with E-state index < -0.39 is 0 Å². The third kappa shape index (κ3) is 4.36. The first kappa shape index (κ1) is 31.5. The number of hydrogen-bond donors (Lipinski definition) is 0. The van der Waals surface area contributed by atoms with Gasteiger partial charge in [0.2, 0.25) is 0 Å². The molecule has 0 N–H and O–H groups in total. The largest absolute Gasteiger partial charge is 0.309 e. The zero-order valence-electron chi connectivity index (χ0n) is 31.4. The number of fused-ring (bicyclic) bond motifs is 11. The smallest absolute Gasteiger partial charge is 0.0781 e. The van der Waals surface area contributed by atoms with Crippen LogP contribution in [0.1, 0.15) is 0 Å². The predicted octanol–water partition coefficient (Wildman–Crippen LogP) is 14.6. The summed E-state index contributed by atoms with van der Waals surface area (Å²) in [6.07, 6.45) is 2.08. The predicted molar refractivity (Wildman–Crippen MR) is 243 cm³/mol. The number of rotatable bonds is 4. The van der Waals surface area contributed by atoms with Gasteiger partial charge < -0.3 is 9.13 Å². The van der Waals surface area contributed by atoms with Gasteiger partial charge in [0.25, 0.3) is 0 Å². The average molecular weight is 736 g/mol. The second-order valence-electron chi connectivity index (χ2n) is 15.5. The lowest BCUT2D eigenvalue weighted by molar-refractivity contribution is 1.18. The van der Waals surface area contributed by atoms with Crippen molar-refractivity contribution in [3.05, 3.63) is 200 Å². The fourth-order valence-corrected chi connectivity index (χ4v) is 9.94. The quantitative estimate of drug-likeness (QED) is 0.176. The molecule has 3 aromatic heterocycles. The average Bonchev–Trinajstić information content (AvgIpc) is 3.93. The van der Waals surface area contributed by atoms with E-state index in [1.807, 2.05) is 0 Å². The second kappa shape index (κ2) is 11.9. The summed E-state index contributed by atoms with van der Waals surface area (Å²) >= 11 is 0. The Balaban J connectivity index is 1.01. The van der Waals surface area contributed by atoms with E-state index in [1.54, 1.807) is 0 Å². The summed E-state index contributed by atoms with van der Waals surface area (Å²) in [5.41, 5.74) is 16.7. The number of para-hydroxylation sites is 2. The highest BCUT2D eigenvalue weighted by Crippen LogP contribution is 2.49. The summed E-state index contributed by atoms with van der Waals surface area (Å²) < 4.78 is 4.84. The molecule has 0 amide bonds. The van der Waals surface area contributed by atoms with Gasteiger partial charge in [0, 0.05) is 66.4 Å². The van der Waals surface area contributed by atoms with E-state index in [9.17, 15) is 0 Å². The summed E-state index contributed by atoms with van der Waals surface area (Å²) in [6.45, 7) is 0. The van der Waals surface area contributed by atoms with Crippen molar-refractivity contribution >= 4 is 65.2 Å². The lowest BCUT2D eigenvalue weighted by atomic mass is 9.99. The van der Waals surface area contributed by atoms with Crippen molar-refractivity contribution < 1.29 is 0 Å². The first-order chi connectivity index (χ1) is 28.8. The Bertz CT molecular complexity index is 3650. The minimum Gasteiger partial charge on any atom is -0.309 e. The monoisotopic (exact) mass is 735 g/mol. The number of hydrogen-bond acceptors (Lipinski definition) is 1. The fraction of sp³-hybridized carbons (Fsp3) is 0. The molecule has 0 saturated carbocycles. The van der Waals surface area contributed by atoms with Crippen LogP contribution in [0.3, 0.4) is 0 Å². The highest BCUT2D eigenvalue weighted by atomic mass is 15.0. The Morgan fingerprint density at radius 3 is 1.79 bits per heavy atom. The van der Waals surface area contributed by atoms with Gasteiger partial charge in [0.05, 0.1) is 27.8 Å². The lowest BCUT2D eigenvalue weighted by Gasteiger charge is -2.13. The molecule has 3 heteroatoms. The van der Waals surface area contributed by atoms with Crippen LogP contribution >= 0.6 is 0 Å². The Labute approximate surface area is 334 Å². The molecule has 0 atom stereocenters. The van der Waals surface area contributed by atoms with Crippen LogP contribution in [0.4, 0.5) is 0 Å². The van der Waals surface area contributed by atoms with Gasteiger partial charge in [-0.25, -0.2) is 0 Å². The first-order valence-corrected chi connectivity index (χ1v) is 20.0. The summed E-state index contributed by atoms with van der Waals surface area (Å²) in [5.74, 6) is 0. The maximum atomic E-state index is 5.17. The normalized spacial score (nSPS) is 12.1. The van der Waals surface area contributed by atoms with E-state index in [1.165, 1.54) is 104 Å². The molecule has 0 radical (unpaired) electrons. The molecule has 0 unspecified atom stereocenters. The van der Waals surface area contributed by atoms with E-state index in [4.69, 9.17) is 4.98 Å². The van der Waals surface area contributed by atoms with Crippen molar-refractivity contribution in [1.29, 1.82) is 0 Å². The molecule has 9 aromatic carbocycles. The van der Waals surface area contributed by atoms with E-state index in [0.717, 1.165) is 16.9 Å². The molecule has 3 heterocycles. The van der Waals surface area contributed by atoms with Crippen molar-refractivity contribution in [2.75, 3.05) is 0 Å². The Kier molecular flexibility index (Phi) is 6.44. The summed E-state index contributed by atoms with van der Waals surface area (Å²) in [4.78, 5) is 5.17. The molecular weight excluding hydrogens is 703 g/mol. The fourth-order valence-electron chi connectivity index (χ4n) is 9.94. The van der Waals surface area contributed by atoms with Crippen molar-refractivity contribution in [3.63, 3.8) is 0 Å². The van der Waals surface area contributed by atoms with Crippen molar-refractivity contribution in [2.45, 2.75) is 0 Å². The van der Waals surface area contributed by atoms with Gasteiger partial charge in [-0.15, -0.1) is 0 Å². The standard InChI is InChI=1S/C55H33N3/c1-2-14-38(15-3-1)57-50-23-9-8-20-43(50)47-31-35(25-28-51(47)57)36-26-29-52-48(32-36)45-27-24-34-12-4-5-17-40(34)55(45)58(52)39-16-10-13-37(30-39)54-46-22-11-21-44-41-18-6-7-19-42(41)49(33-56-54)53(44)46/h1-33H. The van der Waals surface area contributed by atoms with Crippen molar-refractivity contribution in [1.82, 2.24) is 14.1 Å². The van der Waals surface area contributed by atoms with Crippen LogP contribution in [0.25, 0.3) is 121 Å². The topological polar surface area (TPSA) is 22.8 Å². The van der Waals surface area contributed by atoms with Gasteiger partial charge in [-0.1, -0.05) is 140 Å². The van der Waals surface area contributed by atoms with Crippen LogP contribution in [0.5, 0.6) is 0 Å². The molecule has 12 aromatic rings. The first-order valence-electron chi connectivity index (χ1n) is 20.0. The van der Waals surface area contributed by atoms with Crippen LogP contribution in [-0.4, -0.2) is 14.1 Å². The minimum absolute atomic E-state index is 1.01. The molecule has 1 aliphatic carbocycles. The zero-order valence-corrected chi connectivity index (χ0v) is 31.4. The molecule has 0 saturated heterocycles. The van der Waals surface area contributed by atoms with Crippen molar-refractivity contribution in [3.8, 4) is 56.0 Å². The number of nitrogens with zero attached hydrogens (tertiary/aromatic N) is 3. The van der Waals surface area contributed by atoms with Crippen LogP contribution < -0.4 is 0 Å². The molecule has 58 heavy (non-hydrogen) atoms. The second-order valence-corrected chi connectivity index (χ2v) is 15.5. The Morgan fingerprint density at radius 2 is 0.948 bits per heavy atom. The van der Waals surface area contributed by atoms with E-state index in [0.29, 0.717) is 0 Å². The highest BCUT2D eigenvalue weighted by Gasteiger charge is 2.24. The van der Waals surface area contributed by atoms with Crippen LogP contribution in [0.2, 0.25) is 0 Å². The maximum Gasteiger partial charge on any atom is 0.0781 e. The van der Waals surface area contributed by atoms with Gasteiger partial charge >= 0.3 is 0 Å². The maximum absolute atomic E-state index is 5.17. The van der Waals surface area contributed by atoms with Gasteiger partial charge in [-0.3, -0.25) is 4.98 Å². The molecule has 0 aliphatic heterocycles. The Morgan fingerprint density at radius 1 is 0.328 bits per heavy atom. The summed E-state index contributed by atoms with van der Waals surface area (Å²) in [5, 5.41) is 9.92. The Hall–Kier alpha value is -7.75. The number of pyridine rings is 1.